The summed E-state index contributed by atoms with van der Waals surface area (Å²) in [6.07, 6.45) is 1.46. The summed E-state index contributed by atoms with van der Waals surface area (Å²) < 4.78 is 7.04. The number of amides is 1. The van der Waals surface area contributed by atoms with Crippen molar-refractivity contribution in [1.82, 2.24) is 19.6 Å². The van der Waals surface area contributed by atoms with Crippen LogP contribution in [0, 0.1) is 17.0 Å². The number of hydrogen-bond acceptors (Lipinski definition) is 8. The number of nitro benzene ring substituents is 1. The predicted octanol–water partition coefficient (Wildman–Crippen LogP) is 2.84. The van der Waals surface area contributed by atoms with Crippen LogP contribution in [0.15, 0.2) is 66.4 Å². The molecular weight excluding hydrogens is 490 g/mol. The van der Waals surface area contributed by atoms with E-state index in [4.69, 9.17) is 4.74 Å². The normalized spacial score (nSPS) is 19.7. The fourth-order valence-corrected chi connectivity index (χ4v) is 4.93. The smallest absolute Gasteiger partial charge is 0.295 e. The van der Waals surface area contributed by atoms with Crippen LogP contribution >= 0.6 is 0 Å². The maximum absolute atomic E-state index is 13.4. The summed E-state index contributed by atoms with van der Waals surface area (Å²) in [6.45, 7) is 5.14. The highest BCUT2D eigenvalue weighted by Crippen LogP contribution is 2.40. The lowest BCUT2D eigenvalue weighted by Crippen LogP contribution is -2.42. The average molecular weight is 518 g/mol. The van der Waals surface area contributed by atoms with Gasteiger partial charge in [-0.05, 0) is 36.8 Å². The van der Waals surface area contributed by atoms with Gasteiger partial charge in [-0.15, -0.1) is 0 Å². The van der Waals surface area contributed by atoms with Crippen molar-refractivity contribution >= 4 is 23.1 Å². The third-order valence-electron chi connectivity index (χ3n) is 6.99. The standard InChI is InChI=1S/C27H27N5O6/c1-18-22(17-28-31(18)20-5-3-2-4-6-20)25(33)23-24(19-7-9-21(10-8-19)32(36)37)30(27(35)26(23)34)12-11-29-13-15-38-16-14-29/h2-10,17,24,33H,11-16H2,1H3/b25-23+/t24-/m0/s1. The van der Waals surface area contributed by atoms with Gasteiger partial charge in [0.15, 0.2) is 0 Å². The number of ketones is 1. The Balaban J connectivity index is 1.56. The predicted molar refractivity (Wildman–Crippen MR) is 138 cm³/mol. The van der Waals surface area contributed by atoms with Crippen molar-refractivity contribution in [2.75, 3.05) is 39.4 Å². The van der Waals surface area contributed by atoms with Gasteiger partial charge >= 0.3 is 0 Å². The van der Waals surface area contributed by atoms with Gasteiger partial charge in [0.25, 0.3) is 17.4 Å². The van der Waals surface area contributed by atoms with E-state index in [2.05, 4.69) is 10.00 Å². The third-order valence-corrected chi connectivity index (χ3v) is 6.99. The van der Waals surface area contributed by atoms with Crippen LogP contribution in [0.25, 0.3) is 11.4 Å². The van der Waals surface area contributed by atoms with Crippen molar-refractivity contribution in [1.29, 1.82) is 0 Å². The van der Waals surface area contributed by atoms with Gasteiger partial charge in [-0.2, -0.15) is 5.10 Å². The van der Waals surface area contributed by atoms with Crippen LogP contribution in [0.4, 0.5) is 5.69 Å². The van der Waals surface area contributed by atoms with Gasteiger partial charge < -0.3 is 14.7 Å². The van der Waals surface area contributed by atoms with Crippen molar-refractivity contribution in [2.45, 2.75) is 13.0 Å². The maximum Gasteiger partial charge on any atom is 0.295 e. The number of aromatic nitrogens is 2. The first-order chi connectivity index (χ1) is 18.4. The van der Waals surface area contributed by atoms with Crippen LogP contribution in [0.2, 0.25) is 0 Å². The highest BCUT2D eigenvalue weighted by Gasteiger charge is 2.46. The van der Waals surface area contributed by atoms with Crippen LogP contribution in [0.5, 0.6) is 0 Å². The number of nitro groups is 1. The molecular formula is C27H27N5O6. The average Bonchev–Trinajstić information content (AvgIpc) is 3.45. The van der Waals surface area contributed by atoms with Crippen LogP contribution in [-0.2, 0) is 14.3 Å². The van der Waals surface area contributed by atoms with Gasteiger partial charge in [0.05, 0.1) is 52.9 Å². The second kappa shape index (κ2) is 10.6. The molecule has 1 atom stereocenters. The summed E-state index contributed by atoms with van der Waals surface area (Å²) >= 11 is 0. The number of ether oxygens (including phenoxy) is 1. The van der Waals surface area contributed by atoms with E-state index in [1.54, 1.807) is 11.6 Å². The Hall–Kier alpha value is -4.35. The minimum Gasteiger partial charge on any atom is -0.507 e. The Morgan fingerprint density at radius 1 is 1.08 bits per heavy atom. The number of aliphatic hydroxyl groups excluding tert-OH is 1. The number of carbonyl (C=O) groups is 2. The van der Waals surface area contributed by atoms with Gasteiger partial charge in [-0.3, -0.25) is 24.6 Å². The molecule has 0 radical (unpaired) electrons. The summed E-state index contributed by atoms with van der Waals surface area (Å²) in [4.78, 5) is 40.9. The molecule has 38 heavy (non-hydrogen) atoms. The number of hydrogen-bond donors (Lipinski definition) is 1. The number of aliphatic hydroxyl groups is 1. The minimum absolute atomic E-state index is 0.0680. The van der Waals surface area contributed by atoms with E-state index < -0.39 is 22.7 Å². The zero-order valence-corrected chi connectivity index (χ0v) is 20.8. The number of para-hydroxylation sites is 1. The van der Waals surface area contributed by atoms with Gasteiger partial charge in [-0.25, -0.2) is 4.68 Å². The lowest BCUT2D eigenvalue weighted by molar-refractivity contribution is -0.384. The zero-order valence-electron chi connectivity index (χ0n) is 20.8. The molecule has 5 rings (SSSR count). The van der Waals surface area contributed by atoms with E-state index in [0.29, 0.717) is 49.7 Å². The Morgan fingerprint density at radius 2 is 1.76 bits per heavy atom. The fraction of sp³-hybridized carbons (Fsp3) is 0.296. The second-order valence-electron chi connectivity index (χ2n) is 9.19. The molecule has 0 unspecified atom stereocenters. The second-order valence-corrected chi connectivity index (χ2v) is 9.19. The molecule has 2 fully saturated rings. The highest BCUT2D eigenvalue weighted by atomic mass is 16.6. The number of non-ortho nitro benzene ring substituents is 1. The molecule has 0 saturated carbocycles. The van der Waals surface area contributed by atoms with E-state index in [0.717, 1.165) is 5.69 Å². The number of morpholine rings is 1. The third kappa shape index (κ3) is 4.69. The Labute approximate surface area is 218 Å². The van der Waals surface area contributed by atoms with Gasteiger partial charge in [-0.1, -0.05) is 18.2 Å². The summed E-state index contributed by atoms with van der Waals surface area (Å²) in [5.74, 6) is -1.86. The summed E-state index contributed by atoms with van der Waals surface area (Å²) in [5.41, 5.74) is 2.01. The first-order valence-electron chi connectivity index (χ1n) is 12.3. The number of likely N-dealkylation sites (tertiary alicyclic amines) is 1. The Kier molecular flexibility index (Phi) is 7.03. The lowest BCUT2D eigenvalue weighted by Gasteiger charge is -2.31. The van der Waals surface area contributed by atoms with Crippen molar-refractivity contribution in [3.63, 3.8) is 0 Å². The Bertz CT molecular complexity index is 1390. The Morgan fingerprint density at radius 3 is 2.42 bits per heavy atom. The zero-order chi connectivity index (χ0) is 26.8. The molecule has 0 aliphatic carbocycles. The molecule has 2 saturated heterocycles. The molecule has 1 N–H and O–H groups in total. The van der Waals surface area contributed by atoms with Gasteiger partial charge in [0, 0.05) is 38.3 Å². The maximum atomic E-state index is 13.4. The topological polar surface area (TPSA) is 131 Å². The van der Waals surface area contributed by atoms with Crippen LogP contribution in [-0.4, -0.2) is 80.7 Å². The molecule has 3 heterocycles. The molecule has 196 valence electrons. The molecule has 11 heteroatoms. The first-order valence-corrected chi connectivity index (χ1v) is 12.3. The number of benzene rings is 2. The largest absolute Gasteiger partial charge is 0.507 e. The van der Waals surface area contributed by atoms with E-state index in [1.165, 1.54) is 35.4 Å². The highest BCUT2D eigenvalue weighted by molar-refractivity contribution is 6.46. The molecule has 1 aromatic heterocycles. The van der Waals surface area contributed by atoms with E-state index in [9.17, 15) is 24.8 Å². The monoisotopic (exact) mass is 517 g/mol. The van der Waals surface area contributed by atoms with Gasteiger partial charge in [0.2, 0.25) is 0 Å². The van der Waals surface area contributed by atoms with Gasteiger partial charge in [0.1, 0.15) is 5.76 Å². The molecule has 11 nitrogen and oxygen atoms in total. The molecule has 0 bridgehead atoms. The summed E-state index contributed by atoms with van der Waals surface area (Å²) in [6, 6.07) is 14.1. The molecule has 0 spiro atoms. The fourth-order valence-electron chi connectivity index (χ4n) is 4.93. The summed E-state index contributed by atoms with van der Waals surface area (Å²) in [5, 5.41) is 27.0. The lowest BCUT2D eigenvalue weighted by atomic mass is 9.95. The SMILES string of the molecule is Cc1c(/C(O)=C2\C(=O)C(=O)N(CCN3CCOCC3)[C@H]2c2ccc([N+](=O)[O-])cc2)cnn1-c1ccccc1. The number of Topliss-reactive ketones (excluding diaryl/α,β-unsaturated/α-hetero) is 1. The van der Waals surface area contributed by atoms with Crippen LogP contribution in [0.3, 0.4) is 0 Å². The quantitative estimate of drug-likeness (QED) is 0.166. The molecule has 2 aromatic carbocycles. The molecule has 3 aromatic rings. The van der Waals surface area contributed by atoms with Crippen molar-refractivity contribution < 1.29 is 24.4 Å². The number of nitrogens with zero attached hydrogens (tertiary/aromatic N) is 5. The minimum atomic E-state index is -0.906. The van der Waals surface area contributed by atoms with E-state index >= 15 is 0 Å². The van der Waals surface area contributed by atoms with E-state index in [1.807, 2.05) is 30.3 Å². The number of rotatable bonds is 7. The molecule has 1 amide bonds. The van der Waals surface area contributed by atoms with Crippen molar-refractivity contribution in [3.05, 3.63) is 93.3 Å². The first kappa shape index (κ1) is 25.3. The van der Waals surface area contributed by atoms with Crippen molar-refractivity contribution in [2.24, 2.45) is 0 Å². The van der Waals surface area contributed by atoms with E-state index in [-0.39, 0.29) is 23.6 Å². The van der Waals surface area contributed by atoms with Crippen LogP contribution in [0.1, 0.15) is 22.9 Å². The number of carbonyl (C=O) groups excluding carboxylic acids is 2. The molecule has 2 aliphatic rings. The summed E-state index contributed by atoms with van der Waals surface area (Å²) in [7, 11) is 0. The van der Waals surface area contributed by atoms with Crippen LogP contribution < -0.4 is 0 Å². The molecule has 2 aliphatic heterocycles. The van der Waals surface area contributed by atoms with Crippen molar-refractivity contribution in [3.8, 4) is 5.69 Å².